The first-order chi connectivity index (χ1) is 7.14. The van der Waals surface area contributed by atoms with Crippen LogP contribution < -0.4 is 5.73 Å². The molecule has 0 amide bonds. The van der Waals surface area contributed by atoms with Crippen LogP contribution in [-0.2, 0) is 0 Å². The third kappa shape index (κ3) is 5.82. The second-order valence-electron chi connectivity index (χ2n) is 5.60. The lowest BCUT2D eigenvalue weighted by Gasteiger charge is -2.21. The van der Waals surface area contributed by atoms with Gasteiger partial charge < -0.3 is 5.73 Å². The largest absolute Gasteiger partial charge is 0.330 e. The van der Waals surface area contributed by atoms with Crippen LogP contribution >= 0.6 is 11.8 Å². The van der Waals surface area contributed by atoms with Gasteiger partial charge in [0.1, 0.15) is 0 Å². The molecule has 0 spiro atoms. The number of nitrogens with two attached hydrogens (primary N) is 1. The van der Waals surface area contributed by atoms with Crippen LogP contribution in [0.5, 0.6) is 0 Å². The number of unbranched alkanes of at least 4 members (excludes halogenated alkanes) is 1. The third-order valence-electron chi connectivity index (χ3n) is 3.46. The summed E-state index contributed by atoms with van der Waals surface area (Å²) in [5.74, 6) is 1.37. The van der Waals surface area contributed by atoms with Gasteiger partial charge in [-0.3, -0.25) is 0 Å². The molecule has 1 aliphatic carbocycles. The summed E-state index contributed by atoms with van der Waals surface area (Å²) in [6, 6.07) is 0. The highest BCUT2D eigenvalue weighted by atomic mass is 32.2. The summed E-state index contributed by atoms with van der Waals surface area (Å²) in [4.78, 5) is 0. The van der Waals surface area contributed by atoms with Crippen LogP contribution in [0.1, 0.15) is 58.8 Å². The van der Waals surface area contributed by atoms with Crippen molar-refractivity contribution < 1.29 is 0 Å². The highest BCUT2D eigenvalue weighted by Gasteiger charge is 2.16. The van der Waals surface area contributed by atoms with Gasteiger partial charge in [-0.15, -0.1) is 0 Å². The first-order valence-electron chi connectivity index (χ1n) is 6.46. The molecule has 2 heteroatoms. The van der Waals surface area contributed by atoms with Crippen molar-refractivity contribution in [1.82, 2.24) is 0 Å². The fourth-order valence-corrected chi connectivity index (χ4v) is 3.48. The number of rotatable bonds is 7. The Labute approximate surface area is 99.6 Å². The molecule has 0 unspecified atom stereocenters. The summed E-state index contributed by atoms with van der Waals surface area (Å²) < 4.78 is 0. The number of hydrogen-bond acceptors (Lipinski definition) is 2. The normalized spacial score (nSPS) is 18.6. The zero-order chi connectivity index (χ0) is 11.1. The molecule has 1 fully saturated rings. The fourth-order valence-electron chi connectivity index (χ4n) is 2.11. The average molecular weight is 229 g/mol. The Balaban J connectivity index is 1.92. The molecule has 0 bridgehead atoms. The predicted octanol–water partition coefficient (Wildman–Crippen LogP) is 3.82. The lowest BCUT2D eigenvalue weighted by molar-refractivity contribution is 0.336. The molecule has 15 heavy (non-hydrogen) atoms. The second-order valence-corrected chi connectivity index (χ2v) is 7.01. The van der Waals surface area contributed by atoms with Crippen LogP contribution in [0.15, 0.2) is 0 Å². The van der Waals surface area contributed by atoms with Gasteiger partial charge in [-0.2, -0.15) is 11.8 Å². The zero-order valence-corrected chi connectivity index (χ0v) is 11.2. The molecule has 0 aliphatic heterocycles. The first-order valence-corrected chi connectivity index (χ1v) is 7.50. The zero-order valence-electron chi connectivity index (χ0n) is 10.4. The van der Waals surface area contributed by atoms with Crippen molar-refractivity contribution in [3.63, 3.8) is 0 Å². The van der Waals surface area contributed by atoms with Gasteiger partial charge in [0.15, 0.2) is 0 Å². The van der Waals surface area contributed by atoms with Crippen molar-refractivity contribution >= 4 is 11.8 Å². The van der Waals surface area contributed by atoms with Gasteiger partial charge in [-0.05, 0) is 43.4 Å². The lowest BCUT2D eigenvalue weighted by atomic mass is 9.88. The quantitative estimate of drug-likeness (QED) is 0.672. The Morgan fingerprint density at radius 3 is 2.47 bits per heavy atom. The molecule has 0 saturated heterocycles. The van der Waals surface area contributed by atoms with Crippen molar-refractivity contribution in [3.8, 4) is 0 Å². The molecule has 0 atom stereocenters. The van der Waals surface area contributed by atoms with Gasteiger partial charge in [-0.25, -0.2) is 0 Å². The molecule has 0 heterocycles. The van der Waals surface area contributed by atoms with E-state index in [4.69, 9.17) is 5.73 Å². The van der Waals surface area contributed by atoms with Gasteiger partial charge in [-0.1, -0.05) is 33.1 Å². The smallest absolute Gasteiger partial charge is 0.00470 e. The molecule has 0 radical (unpaired) electrons. The van der Waals surface area contributed by atoms with E-state index in [1.54, 1.807) is 0 Å². The summed E-state index contributed by atoms with van der Waals surface area (Å²) in [6.07, 6.45) is 9.90. The Kier molecular flexibility index (Phi) is 6.06. The van der Waals surface area contributed by atoms with E-state index in [0.717, 1.165) is 11.8 Å². The molecule has 0 aromatic heterocycles. The second kappa shape index (κ2) is 6.80. The van der Waals surface area contributed by atoms with E-state index in [0.29, 0.717) is 5.41 Å². The van der Waals surface area contributed by atoms with Crippen molar-refractivity contribution in [2.24, 2.45) is 11.1 Å². The van der Waals surface area contributed by atoms with E-state index in [1.807, 2.05) is 0 Å². The van der Waals surface area contributed by atoms with Crippen LogP contribution in [0.4, 0.5) is 0 Å². The van der Waals surface area contributed by atoms with Gasteiger partial charge in [0, 0.05) is 5.25 Å². The van der Waals surface area contributed by atoms with Crippen LogP contribution in [-0.4, -0.2) is 17.5 Å². The van der Waals surface area contributed by atoms with E-state index in [-0.39, 0.29) is 0 Å². The van der Waals surface area contributed by atoms with E-state index in [1.165, 1.54) is 50.7 Å². The van der Waals surface area contributed by atoms with Crippen molar-refractivity contribution in [2.45, 2.75) is 64.0 Å². The molecular weight excluding hydrogens is 202 g/mol. The average Bonchev–Trinajstić information content (AvgIpc) is 2.70. The molecule has 2 N–H and O–H groups in total. The highest BCUT2D eigenvalue weighted by Crippen LogP contribution is 2.30. The van der Waals surface area contributed by atoms with E-state index >= 15 is 0 Å². The summed E-state index contributed by atoms with van der Waals surface area (Å²) in [5, 5.41) is 0.993. The maximum absolute atomic E-state index is 5.72. The van der Waals surface area contributed by atoms with Crippen LogP contribution in [0.25, 0.3) is 0 Å². The molecule has 0 aromatic rings. The SMILES string of the molecule is CC(C)(CN)CCCCSC1CCCC1. The molecule has 1 nitrogen and oxygen atoms in total. The molecule has 1 rings (SSSR count). The van der Waals surface area contributed by atoms with Gasteiger partial charge in [0.05, 0.1) is 0 Å². The minimum absolute atomic E-state index is 0.359. The summed E-state index contributed by atoms with van der Waals surface area (Å²) >= 11 is 2.21. The number of hydrogen-bond donors (Lipinski definition) is 1. The predicted molar refractivity (Wildman–Crippen MR) is 71.4 cm³/mol. The Morgan fingerprint density at radius 1 is 1.20 bits per heavy atom. The molecule has 90 valence electrons. The first kappa shape index (κ1) is 13.4. The van der Waals surface area contributed by atoms with Crippen molar-refractivity contribution in [1.29, 1.82) is 0 Å². The van der Waals surface area contributed by atoms with E-state index in [9.17, 15) is 0 Å². The lowest BCUT2D eigenvalue weighted by Crippen LogP contribution is -2.23. The minimum atomic E-state index is 0.359. The van der Waals surface area contributed by atoms with Crippen LogP contribution in [0, 0.1) is 5.41 Å². The summed E-state index contributed by atoms with van der Waals surface area (Å²) in [6.45, 7) is 5.37. The summed E-state index contributed by atoms with van der Waals surface area (Å²) in [7, 11) is 0. The number of thioether (sulfide) groups is 1. The van der Waals surface area contributed by atoms with E-state index in [2.05, 4.69) is 25.6 Å². The molecule has 0 aromatic carbocycles. The van der Waals surface area contributed by atoms with Crippen LogP contribution in [0.2, 0.25) is 0 Å². The topological polar surface area (TPSA) is 26.0 Å². The van der Waals surface area contributed by atoms with Gasteiger partial charge in [0.25, 0.3) is 0 Å². The van der Waals surface area contributed by atoms with Gasteiger partial charge >= 0.3 is 0 Å². The highest BCUT2D eigenvalue weighted by molar-refractivity contribution is 7.99. The Bertz CT molecular complexity index is 162. The maximum atomic E-state index is 5.72. The maximum Gasteiger partial charge on any atom is 0.00470 e. The van der Waals surface area contributed by atoms with E-state index < -0.39 is 0 Å². The summed E-state index contributed by atoms with van der Waals surface area (Å²) in [5.41, 5.74) is 6.07. The molecular formula is C13H27NS. The third-order valence-corrected chi connectivity index (χ3v) is 4.92. The fraction of sp³-hybridized carbons (Fsp3) is 1.00. The Hall–Kier alpha value is 0.310. The molecule has 1 saturated carbocycles. The molecule has 1 aliphatic rings. The Morgan fingerprint density at radius 2 is 1.87 bits per heavy atom. The monoisotopic (exact) mass is 229 g/mol. The minimum Gasteiger partial charge on any atom is -0.330 e. The van der Waals surface area contributed by atoms with Crippen LogP contribution in [0.3, 0.4) is 0 Å². The van der Waals surface area contributed by atoms with Crippen molar-refractivity contribution in [3.05, 3.63) is 0 Å². The van der Waals surface area contributed by atoms with Gasteiger partial charge in [0.2, 0.25) is 0 Å². The standard InChI is InChI=1S/C13H27NS/c1-13(2,11-14)9-5-6-10-15-12-7-3-4-8-12/h12H,3-11,14H2,1-2H3. The van der Waals surface area contributed by atoms with Crippen molar-refractivity contribution in [2.75, 3.05) is 12.3 Å².